The molecule has 2 aliphatic heterocycles. The lowest BCUT2D eigenvalue weighted by Crippen LogP contribution is -2.36. The molecule has 3 rings (SSSR count). The number of nitrogens with zero attached hydrogens (tertiary/aromatic N) is 1. The summed E-state index contributed by atoms with van der Waals surface area (Å²) in [5.41, 5.74) is 1.18. The molecule has 20 heavy (non-hydrogen) atoms. The minimum absolute atomic E-state index is 0.0384. The van der Waals surface area contributed by atoms with Gasteiger partial charge in [-0.2, -0.15) is 0 Å². The Hall–Kier alpha value is -1.59. The summed E-state index contributed by atoms with van der Waals surface area (Å²) in [4.78, 5) is 14.2. The summed E-state index contributed by atoms with van der Waals surface area (Å²) in [6, 6.07) is 5.52. The number of benzene rings is 1. The summed E-state index contributed by atoms with van der Waals surface area (Å²) in [6.45, 7) is 1.48. The molecule has 0 saturated carbocycles. The average molecular weight is 277 g/mol. The first-order valence-electron chi connectivity index (χ1n) is 6.94. The number of fused-ring (bicyclic) bond motifs is 1. The molecule has 2 N–H and O–H groups in total. The van der Waals surface area contributed by atoms with E-state index in [1.54, 1.807) is 11.0 Å². The van der Waals surface area contributed by atoms with E-state index < -0.39 is 5.41 Å². The zero-order valence-electron chi connectivity index (χ0n) is 11.3. The fraction of sp³-hybridized carbons (Fsp3) is 0.533. The van der Waals surface area contributed by atoms with Gasteiger partial charge in [0.25, 0.3) is 5.91 Å². The molecule has 0 spiro atoms. The lowest BCUT2D eigenvalue weighted by molar-refractivity contribution is 0.0548. The lowest BCUT2D eigenvalue weighted by Gasteiger charge is -2.24. The number of likely N-dealkylation sites (tertiary alicyclic amines) is 1. The topological polar surface area (TPSA) is 70.0 Å². The molecule has 5 heteroatoms. The molecule has 1 fully saturated rings. The molecule has 1 saturated heterocycles. The van der Waals surface area contributed by atoms with Crippen LogP contribution < -0.4 is 4.74 Å². The second-order valence-corrected chi connectivity index (χ2v) is 5.71. The van der Waals surface area contributed by atoms with E-state index in [4.69, 9.17) is 4.74 Å². The van der Waals surface area contributed by atoms with Crippen LogP contribution in [0.15, 0.2) is 18.2 Å². The monoisotopic (exact) mass is 277 g/mol. The van der Waals surface area contributed by atoms with Crippen molar-refractivity contribution in [1.82, 2.24) is 4.90 Å². The number of hydrogen-bond donors (Lipinski definition) is 2. The molecule has 0 radical (unpaired) electrons. The minimum atomic E-state index is -0.546. The van der Waals surface area contributed by atoms with Crippen molar-refractivity contribution in [2.75, 3.05) is 32.9 Å². The molecule has 1 aromatic carbocycles. The van der Waals surface area contributed by atoms with Crippen LogP contribution in [0, 0.1) is 5.41 Å². The largest absolute Gasteiger partial charge is 0.493 e. The van der Waals surface area contributed by atoms with Crippen molar-refractivity contribution in [3.8, 4) is 5.75 Å². The molecular formula is C15H19NO4. The Morgan fingerprint density at radius 2 is 2.15 bits per heavy atom. The van der Waals surface area contributed by atoms with E-state index in [1.807, 2.05) is 12.1 Å². The fourth-order valence-corrected chi connectivity index (χ4v) is 2.92. The summed E-state index contributed by atoms with van der Waals surface area (Å²) in [7, 11) is 0. The van der Waals surface area contributed by atoms with Gasteiger partial charge in [0.2, 0.25) is 0 Å². The van der Waals surface area contributed by atoms with E-state index in [0.717, 1.165) is 17.7 Å². The first kappa shape index (κ1) is 13.4. The van der Waals surface area contributed by atoms with Crippen LogP contribution in [0.5, 0.6) is 5.75 Å². The van der Waals surface area contributed by atoms with E-state index in [0.29, 0.717) is 31.7 Å². The van der Waals surface area contributed by atoms with Crippen molar-refractivity contribution >= 4 is 5.91 Å². The number of amides is 1. The molecule has 0 aliphatic carbocycles. The van der Waals surface area contributed by atoms with Gasteiger partial charge in [0.15, 0.2) is 0 Å². The number of carbonyl (C=O) groups excluding carboxylic acids is 1. The van der Waals surface area contributed by atoms with Gasteiger partial charge in [-0.1, -0.05) is 0 Å². The first-order chi connectivity index (χ1) is 9.67. The predicted octanol–water partition coefficient (Wildman–Crippen LogP) is 0.438. The van der Waals surface area contributed by atoms with Gasteiger partial charge in [-0.3, -0.25) is 4.79 Å². The Morgan fingerprint density at radius 1 is 1.35 bits per heavy atom. The molecule has 0 bridgehead atoms. The Bertz CT molecular complexity index is 525. The number of carbonyl (C=O) groups is 1. The minimum Gasteiger partial charge on any atom is -0.493 e. The fourth-order valence-electron chi connectivity index (χ4n) is 2.92. The van der Waals surface area contributed by atoms with Crippen molar-refractivity contribution in [3.05, 3.63) is 29.3 Å². The van der Waals surface area contributed by atoms with Gasteiger partial charge in [0, 0.05) is 30.5 Å². The van der Waals surface area contributed by atoms with Gasteiger partial charge in [0.1, 0.15) is 5.75 Å². The third-order valence-electron chi connectivity index (χ3n) is 4.33. The lowest BCUT2D eigenvalue weighted by atomic mass is 9.89. The summed E-state index contributed by atoms with van der Waals surface area (Å²) < 4.78 is 5.44. The SMILES string of the molecule is O=C(c1ccc2c(c1)CCO2)N1CCC(CO)(CO)C1. The van der Waals surface area contributed by atoms with Gasteiger partial charge >= 0.3 is 0 Å². The number of hydrogen-bond acceptors (Lipinski definition) is 4. The molecular weight excluding hydrogens is 258 g/mol. The van der Waals surface area contributed by atoms with Crippen molar-refractivity contribution in [2.24, 2.45) is 5.41 Å². The molecule has 5 nitrogen and oxygen atoms in total. The van der Waals surface area contributed by atoms with Gasteiger partial charge in [0.05, 0.1) is 19.8 Å². The van der Waals surface area contributed by atoms with Gasteiger partial charge in [-0.15, -0.1) is 0 Å². The number of aliphatic hydroxyl groups is 2. The highest BCUT2D eigenvalue weighted by Gasteiger charge is 2.39. The molecule has 0 unspecified atom stereocenters. The van der Waals surface area contributed by atoms with E-state index in [2.05, 4.69) is 0 Å². The molecule has 0 aromatic heterocycles. The third kappa shape index (κ3) is 2.17. The Kier molecular flexibility index (Phi) is 3.40. The summed E-state index contributed by atoms with van der Waals surface area (Å²) in [5, 5.41) is 18.8. The van der Waals surface area contributed by atoms with Crippen LogP contribution in [0.1, 0.15) is 22.3 Å². The first-order valence-corrected chi connectivity index (χ1v) is 6.94. The Balaban J connectivity index is 1.77. The van der Waals surface area contributed by atoms with Crippen molar-refractivity contribution in [3.63, 3.8) is 0 Å². The van der Waals surface area contributed by atoms with Crippen LogP contribution >= 0.6 is 0 Å². The number of ether oxygens (including phenoxy) is 1. The van der Waals surface area contributed by atoms with Crippen LogP contribution in [-0.4, -0.2) is 53.9 Å². The van der Waals surface area contributed by atoms with E-state index >= 15 is 0 Å². The molecule has 2 aliphatic rings. The molecule has 108 valence electrons. The van der Waals surface area contributed by atoms with Crippen LogP contribution in [-0.2, 0) is 6.42 Å². The summed E-state index contributed by atoms with van der Waals surface area (Å²) >= 11 is 0. The van der Waals surface area contributed by atoms with Crippen molar-refractivity contribution < 1.29 is 19.7 Å². The maximum absolute atomic E-state index is 12.5. The van der Waals surface area contributed by atoms with Gasteiger partial charge < -0.3 is 19.8 Å². The number of rotatable bonds is 3. The van der Waals surface area contributed by atoms with Crippen LogP contribution in [0.25, 0.3) is 0 Å². The predicted molar refractivity (Wildman–Crippen MR) is 72.8 cm³/mol. The molecule has 0 atom stereocenters. The number of aliphatic hydroxyl groups excluding tert-OH is 2. The molecule has 1 aromatic rings. The smallest absolute Gasteiger partial charge is 0.253 e. The van der Waals surface area contributed by atoms with Crippen molar-refractivity contribution in [2.45, 2.75) is 12.8 Å². The Morgan fingerprint density at radius 3 is 2.85 bits per heavy atom. The quantitative estimate of drug-likeness (QED) is 0.841. The normalized spacial score (nSPS) is 19.8. The highest BCUT2D eigenvalue weighted by atomic mass is 16.5. The van der Waals surface area contributed by atoms with Gasteiger partial charge in [-0.25, -0.2) is 0 Å². The van der Waals surface area contributed by atoms with E-state index in [-0.39, 0.29) is 19.1 Å². The second kappa shape index (κ2) is 5.07. The van der Waals surface area contributed by atoms with Crippen LogP contribution in [0.4, 0.5) is 0 Å². The Labute approximate surface area is 117 Å². The summed E-state index contributed by atoms with van der Waals surface area (Å²) in [5.74, 6) is 0.825. The maximum Gasteiger partial charge on any atom is 0.253 e. The van der Waals surface area contributed by atoms with Gasteiger partial charge in [-0.05, 0) is 30.2 Å². The van der Waals surface area contributed by atoms with E-state index in [9.17, 15) is 15.0 Å². The summed E-state index contributed by atoms with van der Waals surface area (Å²) in [6.07, 6.45) is 1.48. The standard InChI is InChI=1S/C15H19NO4/c17-9-15(10-18)4-5-16(8-15)14(19)12-1-2-13-11(7-12)3-6-20-13/h1-2,7,17-18H,3-6,8-10H2. The molecule has 1 amide bonds. The second-order valence-electron chi connectivity index (χ2n) is 5.71. The van der Waals surface area contributed by atoms with Crippen LogP contribution in [0.3, 0.4) is 0 Å². The van der Waals surface area contributed by atoms with E-state index in [1.165, 1.54) is 0 Å². The highest BCUT2D eigenvalue weighted by molar-refractivity contribution is 5.95. The molecule has 2 heterocycles. The van der Waals surface area contributed by atoms with Crippen molar-refractivity contribution in [1.29, 1.82) is 0 Å². The zero-order valence-corrected chi connectivity index (χ0v) is 11.3. The zero-order chi connectivity index (χ0) is 14.2. The third-order valence-corrected chi connectivity index (χ3v) is 4.33. The highest BCUT2D eigenvalue weighted by Crippen LogP contribution is 2.31. The van der Waals surface area contributed by atoms with Crippen LogP contribution in [0.2, 0.25) is 0 Å². The maximum atomic E-state index is 12.5. The average Bonchev–Trinajstić information content (AvgIpc) is 3.13.